The Morgan fingerprint density at radius 3 is 2.56 bits per heavy atom. The molecule has 0 aliphatic carbocycles. The minimum Gasteiger partial charge on any atom is -0.394 e. The molecule has 1 unspecified atom stereocenters. The van der Waals surface area contributed by atoms with Gasteiger partial charge in [-0.1, -0.05) is 13.3 Å². The van der Waals surface area contributed by atoms with Crippen molar-refractivity contribution in [1.82, 2.24) is 5.32 Å². The van der Waals surface area contributed by atoms with E-state index in [0.717, 1.165) is 12.8 Å². The number of thiol groups is 1. The Bertz CT molecular complexity index is 243. The van der Waals surface area contributed by atoms with E-state index < -0.39 is 29.9 Å². The van der Waals surface area contributed by atoms with E-state index in [1.807, 2.05) is 6.92 Å². The van der Waals surface area contributed by atoms with E-state index >= 15 is 0 Å². The number of ether oxygens (including phenoxy) is 2. The van der Waals surface area contributed by atoms with Gasteiger partial charge in [0.1, 0.15) is 36.1 Å². The quantitative estimate of drug-likeness (QED) is 0.320. The Kier molecular flexibility index (Phi) is 6.86. The van der Waals surface area contributed by atoms with Crippen LogP contribution in [-0.2, 0) is 9.47 Å². The van der Waals surface area contributed by atoms with Crippen molar-refractivity contribution < 1.29 is 24.8 Å². The fourth-order valence-electron chi connectivity index (χ4n) is 1.97. The Morgan fingerprint density at radius 2 is 2.06 bits per heavy atom. The summed E-state index contributed by atoms with van der Waals surface area (Å²) < 4.78 is 11.0. The van der Waals surface area contributed by atoms with Crippen LogP contribution in [0.2, 0.25) is 0 Å². The molecule has 1 rings (SSSR count). The fraction of sp³-hybridized carbons (Fsp3) is 1.00. The molecule has 0 saturated carbocycles. The van der Waals surface area contributed by atoms with Crippen molar-refractivity contribution in [2.24, 2.45) is 0 Å². The van der Waals surface area contributed by atoms with E-state index in [1.165, 1.54) is 0 Å². The number of hydrogen-bond acceptors (Lipinski definition) is 7. The van der Waals surface area contributed by atoms with Gasteiger partial charge in [-0.3, -0.25) is 5.32 Å². The largest absolute Gasteiger partial charge is 0.394 e. The number of hydrogen-bond donors (Lipinski definition) is 5. The van der Waals surface area contributed by atoms with Gasteiger partial charge in [0, 0.05) is 0 Å². The molecule has 0 bridgehead atoms. The summed E-state index contributed by atoms with van der Waals surface area (Å²) in [5.41, 5.74) is -0.823. The number of nitrogens with one attached hydrogen (secondary N) is 1. The van der Waals surface area contributed by atoms with E-state index in [0.29, 0.717) is 0 Å². The molecule has 1 aliphatic heterocycles. The van der Waals surface area contributed by atoms with Gasteiger partial charge in [0.25, 0.3) is 0 Å². The Hall–Kier alpha value is 0.110. The molecule has 18 heavy (non-hydrogen) atoms. The summed E-state index contributed by atoms with van der Waals surface area (Å²) in [6.07, 6.45) is -2.33. The summed E-state index contributed by atoms with van der Waals surface area (Å²) in [6, 6.07) is 0. The molecule has 1 fully saturated rings. The molecule has 0 aromatic carbocycles. The first-order valence-electron chi connectivity index (χ1n) is 6.18. The zero-order valence-electron chi connectivity index (χ0n) is 10.7. The number of rotatable bonds is 6. The summed E-state index contributed by atoms with van der Waals surface area (Å²) in [6.45, 7) is 1.72. The summed E-state index contributed by atoms with van der Waals surface area (Å²) in [5.74, 6) is 0. The zero-order valence-corrected chi connectivity index (χ0v) is 11.6. The van der Waals surface area contributed by atoms with Gasteiger partial charge in [0.05, 0.1) is 6.61 Å². The summed E-state index contributed by atoms with van der Waals surface area (Å²) in [5, 5.41) is 31.9. The Labute approximate surface area is 113 Å². The van der Waals surface area contributed by atoms with Crippen LogP contribution in [0.15, 0.2) is 0 Å². The molecule has 1 saturated heterocycles. The van der Waals surface area contributed by atoms with Crippen LogP contribution in [0, 0.1) is 0 Å². The van der Waals surface area contributed by atoms with Gasteiger partial charge in [-0.25, -0.2) is 0 Å². The molecule has 6 atom stereocenters. The lowest BCUT2D eigenvalue weighted by molar-refractivity contribution is -0.235. The second-order valence-electron chi connectivity index (χ2n) is 4.40. The summed E-state index contributed by atoms with van der Waals surface area (Å²) in [7, 11) is 1.75. The van der Waals surface area contributed by atoms with E-state index in [1.54, 1.807) is 7.05 Å². The van der Waals surface area contributed by atoms with Gasteiger partial charge in [-0.2, -0.15) is 0 Å². The first-order valence-corrected chi connectivity index (χ1v) is 6.70. The van der Waals surface area contributed by atoms with Crippen molar-refractivity contribution >= 4 is 12.6 Å². The maximum atomic E-state index is 9.98. The molecule has 6 nitrogen and oxygen atoms in total. The lowest BCUT2D eigenvalue weighted by Crippen LogP contribution is -2.59. The van der Waals surface area contributed by atoms with Gasteiger partial charge in [-0.05, 0) is 13.5 Å². The smallest absolute Gasteiger partial charge is 0.129 e. The second kappa shape index (κ2) is 7.64. The number of aliphatic hydroxyl groups excluding tert-OH is 3. The number of aliphatic hydroxyl groups is 3. The van der Waals surface area contributed by atoms with Crippen molar-refractivity contribution in [3.05, 3.63) is 0 Å². The van der Waals surface area contributed by atoms with Crippen LogP contribution >= 0.6 is 12.6 Å². The fourth-order valence-corrected chi connectivity index (χ4v) is 2.30. The molecule has 7 heteroatoms. The average molecular weight is 281 g/mol. The van der Waals surface area contributed by atoms with Crippen LogP contribution in [0.5, 0.6) is 0 Å². The summed E-state index contributed by atoms with van der Waals surface area (Å²) >= 11 is 4.01. The van der Waals surface area contributed by atoms with Gasteiger partial charge >= 0.3 is 0 Å². The molecule has 4 N–H and O–H groups in total. The van der Waals surface area contributed by atoms with Gasteiger partial charge in [0.2, 0.25) is 0 Å². The highest BCUT2D eigenvalue weighted by atomic mass is 32.1. The van der Waals surface area contributed by atoms with Crippen LogP contribution in [0.25, 0.3) is 0 Å². The molecule has 108 valence electrons. The van der Waals surface area contributed by atoms with Crippen LogP contribution in [0.1, 0.15) is 19.8 Å². The molecular weight excluding hydrogens is 258 g/mol. The molecule has 0 aromatic rings. The maximum Gasteiger partial charge on any atom is 0.129 e. The highest BCUT2D eigenvalue weighted by molar-refractivity contribution is 7.80. The standard InChI is InChI=1S/C11H23NO5S/c1-3-4-7(12-2)17-10-6(5-13)16-11(18)9(15)8(10)14/h6-15,18H,3-5H2,1-2H3/t6-,7?,8-,9-,10+,11+/m1/s1. The predicted molar refractivity (Wildman–Crippen MR) is 69.4 cm³/mol. The van der Waals surface area contributed by atoms with Gasteiger partial charge in [0.15, 0.2) is 0 Å². The third-order valence-corrected chi connectivity index (χ3v) is 3.46. The lowest BCUT2D eigenvalue weighted by Gasteiger charge is -2.41. The van der Waals surface area contributed by atoms with Crippen molar-refractivity contribution in [2.75, 3.05) is 13.7 Å². The van der Waals surface area contributed by atoms with E-state index in [9.17, 15) is 15.3 Å². The minimum atomic E-state index is -1.14. The first kappa shape index (κ1) is 16.2. The topological polar surface area (TPSA) is 91.2 Å². The molecule has 1 aliphatic rings. The highest BCUT2D eigenvalue weighted by Crippen LogP contribution is 2.26. The average Bonchev–Trinajstić information content (AvgIpc) is 2.37. The molecule has 0 amide bonds. The van der Waals surface area contributed by atoms with Crippen LogP contribution in [0.4, 0.5) is 0 Å². The Balaban J connectivity index is 2.69. The lowest BCUT2D eigenvalue weighted by atomic mass is 10.00. The van der Waals surface area contributed by atoms with Crippen LogP contribution in [0.3, 0.4) is 0 Å². The van der Waals surface area contributed by atoms with E-state index in [4.69, 9.17) is 9.47 Å². The van der Waals surface area contributed by atoms with Crippen molar-refractivity contribution in [2.45, 2.75) is 55.8 Å². The Morgan fingerprint density at radius 1 is 1.39 bits per heavy atom. The van der Waals surface area contributed by atoms with E-state index in [2.05, 4.69) is 17.9 Å². The molecule has 0 aromatic heterocycles. The van der Waals surface area contributed by atoms with Crippen LogP contribution < -0.4 is 5.32 Å². The normalized spacial score (nSPS) is 38.7. The minimum absolute atomic E-state index is 0.254. The zero-order chi connectivity index (χ0) is 13.7. The third kappa shape index (κ3) is 3.80. The van der Waals surface area contributed by atoms with Crippen molar-refractivity contribution in [3.63, 3.8) is 0 Å². The van der Waals surface area contributed by atoms with Crippen molar-refractivity contribution in [1.29, 1.82) is 0 Å². The molecule has 1 heterocycles. The maximum absolute atomic E-state index is 9.98. The first-order chi connectivity index (χ1) is 8.54. The molecule has 0 spiro atoms. The van der Waals surface area contributed by atoms with Crippen molar-refractivity contribution in [3.8, 4) is 0 Å². The third-order valence-electron chi connectivity index (χ3n) is 3.03. The van der Waals surface area contributed by atoms with E-state index in [-0.39, 0.29) is 12.8 Å². The van der Waals surface area contributed by atoms with Gasteiger partial charge in [-0.15, -0.1) is 12.6 Å². The molecular formula is C11H23NO5S. The second-order valence-corrected chi connectivity index (χ2v) is 4.90. The van der Waals surface area contributed by atoms with Crippen LogP contribution in [-0.4, -0.2) is 65.1 Å². The molecule has 0 radical (unpaired) electrons. The monoisotopic (exact) mass is 281 g/mol. The SMILES string of the molecule is CCCC(NC)O[C@@H]1[C@H](O)[C@@H](O)[C@H](S)O[C@@H]1CO. The predicted octanol–water partition coefficient (Wildman–Crippen LogP) is -0.914. The summed E-state index contributed by atoms with van der Waals surface area (Å²) in [4.78, 5) is 0. The van der Waals surface area contributed by atoms with Gasteiger partial charge < -0.3 is 24.8 Å². The highest BCUT2D eigenvalue weighted by Gasteiger charge is 2.44.